The van der Waals surface area contributed by atoms with Gasteiger partial charge in [0.2, 0.25) is 0 Å². The maximum absolute atomic E-state index is 2.41. The van der Waals surface area contributed by atoms with Crippen LogP contribution in [0.5, 0.6) is 0 Å². The van der Waals surface area contributed by atoms with E-state index < -0.39 is 0 Å². The van der Waals surface area contributed by atoms with Crippen LogP contribution in [-0.2, 0) is 0 Å². The second-order valence-electron chi connectivity index (χ2n) is 5.82. The number of hydrogen-bond acceptors (Lipinski definition) is 2. The van der Waals surface area contributed by atoms with Crippen molar-refractivity contribution in [2.75, 3.05) is 0 Å². The van der Waals surface area contributed by atoms with E-state index in [1.807, 2.05) is 10.8 Å². The Morgan fingerprint density at radius 2 is 1.62 bits per heavy atom. The van der Waals surface area contributed by atoms with E-state index in [9.17, 15) is 0 Å². The molecule has 0 radical (unpaired) electrons. The summed E-state index contributed by atoms with van der Waals surface area (Å²) in [5, 5.41) is 0.783. The largest absolute Gasteiger partial charge is 0.0902 e. The minimum absolute atomic E-state index is 0.390. The van der Waals surface area contributed by atoms with Crippen LogP contribution in [0.1, 0.15) is 73.6 Å². The van der Waals surface area contributed by atoms with Gasteiger partial charge in [-0.1, -0.05) is 88.8 Å². The highest BCUT2D eigenvalue weighted by molar-refractivity contribution is 8.77. The van der Waals surface area contributed by atoms with Crippen molar-refractivity contribution in [2.45, 2.75) is 83.6 Å². The number of hydrogen-bond donors (Lipinski definition) is 0. The predicted molar refractivity (Wildman–Crippen MR) is 82.3 cm³/mol. The average molecular weight is 263 g/mol. The summed E-state index contributed by atoms with van der Waals surface area (Å²) in [5.74, 6) is 0.858. The van der Waals surface area contributed by atoms with Crippen molar-refractivity contribution in [3.63, 3.8) is 0 Å². The molecule has 98 valence electrons. The molecule has 0 fully saturated rings. The first-order valence-corrected chi connectivity index (χ1v) is 8.92. The third-order valence-corrected chi connectivity index (χ3v) is 6.83. The van der Waals surface area contributed by atoms with Gasteiger partial charge in [-0.3, -0.25) is 0 Å². The van der Waals surface area contributed by atoms with Crippen molar-refractivity contribution in [3.05, 3.63) is 0 Å². The average Bonchev–Trinajstić information content (AvgIpc) is 2.19. The van der Waals surface area contributed by atoms with Crippen LogP contribution < -0.4 is 0 Å². The molecule has 0 aliphatic carbocycles. The Morgan fingerprint density at radius 3 is 2.12 bits per heavy atom. The second kappa shape index (κ2) is 8.74. The van der Waals surface area contributed by atoms with E-state index in [4.69, 9.17) is 0 Å². The van der Waals surface area contributed by atoms with Gasteiger partial charge >= 0.3 is 0 Å². The summed E-state index contributed by atoms with van der Waals surface area (Å²) in [6.45, 7) is 14.0. The maximum Gasteiger partial charge on any atom is 0.0179 e. The third kappa shape index (κ3) is 9.89. The van der Waals surface area contributed by atoms with Gasteiger partial charge < -0.3 is 0 Å². The van der Waals surface area contributed by atoms with Crippen LogP contribution in [0.15, 0.2) is 0 Å². The summed E-state index contributed by atoms with van der Waals surface area (Å²) in [5.41, 5.74) is 0. The zero-order chi connectivity index (χ0) is 12.6. The molecule has 2 heteroatoms. The lowest BCUT2D eigenvalue weighted by molar-refractivity contribution is 0.487. The standard InChI is InChI=1S/C14H30S2/c1-7-8-9-10-11-12(2)13(3)15-16-14(4,5)6/h12-13H,7-11H2,1-6H3/t12?,13-/m1/s1. The van der Waals surface area contributed by atoms with Crippen LogP contribution in [0.4, 0.5) is 0 Å². The molecule has 16 heavy (non-hydrogen) atoms. The third-order valence-electron chi connectivity index (χ3n) is 2.76. The molecule has 0 saturated heterocycles. The van der Waals surface area contributed by atoms with Gasteiger partial charge in [-0.2, -0.15) is 0 Å². The normalized spacial score (nSPS) is 16.1. The van der Waals surface area contributed by atoms with Crippen LogP contribution in [0.25, 0.3) is 0 Å². The summed E-state index contributed by atoms with van der Waals surface area (Å²) in [6.07, 6.45) is 6.99. The van der Waals surface area contributed by atoms with Gasteiger partial charge in [0.15, 0.2) is 0 Å². The summed E-state index contributed by atoms with van der Waals surface area (Å²) in [6, 6.07) is 0. The molecule has 0 aliphatic rings. The lowest BCUT2D eigenvalue weighted by atomic mass is 10.00. The minimum atomic E-state index is 0.390. The van der Waals surface area contributed by atoms with E-state index in [1.165, 1.54) is 32.1 Å². The maximum atomic E-state index is 2.41. The first-order valence-electron chi connectivity index (χ1n) is 6.71. The molecule has 0 aromatic rings. The van der Waals surface area contributed by atoms with Crippen molar-refractivity contribution in [1.82, 2.24) is 0 Å². The Hall–Kier alpha value is 0.700. The van der Waals surface area contributed by atoms with E-state index in [1.54, 1.807) is 0 Å². The molecule has 1 unspecified atom stereocenters. The Labute approximate surface area is 111 Å². The number of unbranched alkanes of at least 4 members (excludes halogenated alkanes) is 3. The van der Waals surface area contributed by atoms with Crippen molar-refractivity contribution < 1.29 is 0 Å². The highest BCUT2D eigenvalue weighted by atomic mass is 33.1. The van der Waals surface area contributed by atoms with Crippen molar-refractivity contribution in [1.29, 1.82) is 0 Å². The quantitative estimate of drug-likeness (QED) is 0.379. The molecular weight excluding hydrogens is 232 g/mol. The predicted octanol–water partition coefficient (Wildman–Crippen LogP) is 6.16. The molecule has 0 rings (SSSR count). The topological polar surface area (TPSA) is 0 Å². The molecule has 0 spiro atoms. The van der Waals surface area contributed by atoms with Crippen LogP contribution in [-0.4, -0.2) is 10.00 Å². The molecule has 0 aliphatic heterocycles. The first-order chi connectivity index (χ1) is 7.37. The fourth-order valence-electron chi connectivity index (χ4n) is 1.44. The Balaban J connectivity index is 3.61. The van der Waals surface area contributed by atoms with Gasteiger partial charge in [-0.15, -0.1) is 0 Å². The second-order valence-corrected chi connectivity index (χ2v) is 9.23. The molecule has 0 aromatic heterocycles. The molecule has 0 nitrogen and oxygen atoms in total. The van der Waals surface area contributed by atoms with Gasteiger partial charge in [-0.25, -0.2) is 0 Å². The van der Waals surface area contributed by atoms with Gasteiger partial charge in [-0.05, 0) is 12.3 Å². The fourth-order valence-corrected chi connectivity index (χ4v) is 4.10. The van der Waals surface area contributed by atoms with E-state index in [0.29, 0.717) is 4.75 Å². The van der Waals surface area contributed by atoms with Gasteiger partial charge in [0.05, 0.1) is 0 Å². The zero-order valence-corrected chi connectivity index (χ0v) is 13.6. The Morgan fingerprint density at radius 1 is 1.00 bits per heavy atom. The zero-order valence-electron chi connectivity index (χ0n) is 12.0. The Bertz CT molecular complexity index is 161. The van der Waals surface area contributed by atoms with Gasteiger partial charge in [0, 0.05) is 10.00 Å². The van der Waals surface area contributed by atoms with E-state index in [-0.39, 0.29) is 0 Å². The lowest BCUT2D eigenvalue weighted by Crippen LogP contribution is -2.12. The molecule has 0 heterocycles. The lowest BCUT2D eigenvalue weighted by Gasteiger charge is -2.23. The van der Waals surface area contributed by atoms with Crippen molar-refractivity contribution >= 4 is 21.6 Å². The number of rotatable bonds is 8. The van der Waals surface area contributed by atoms with Crippen LogP contribution >= 0.6 is 21.6 Å². The monoisotopic (exact) mass is 262 g/mol. The van der Waals surface area contributed by atoms with E-state index in [2.05, 4.69) is 52.3 Å². The summed E-state index contributed by atoms with van der Waals surface area (Å²) in [4.78, 5) is 0. The van der Waals surface area contributed by atoms with E-state index >= 15 is 0 Å². The van der Waals surface area contributed by atoms with Crippen LogP contribution in [0.2, 0.25) is 0 Å². The molecular formula is C14H30S2. The van der Waals surface area contributed by atoms with Crippen LogP contribution in [0.3, 0.4) is 0 Å². The summed E-state index contributed by atoms with van der Waals surface area (Å²) in [7, 11) is 4.10. The minimum Gasteiger partial charge on any atom is -0.0902 e. The van der Waals surface area contributed by atoms with Gasteiger partial charge in [0.1, 0.15) is 0 Å². The Kier molecular flexibility index (Phi) is 9.12. The molecule has 0 saturated carbocycles. The summed E-state index contributed by atoms with van der Waals surface area (Å²) >= 11 is 0. The fraction of sp³-hybridized carbons (Fsp3) is 1.00. The van der Waals surface area contributed by atoms with Crippen molar-refractivity contribution in [3.8, 4) is 0 Å². The highest BCUT2D eigenvalue weighted by Gasteiger charge is 2.17. The molecule has 0 aromatic carbocycles. The first kappa shape index (κ1) is 16.7. The van der Waals surface area contributed by atoms with Gasteiger partial charge in [0.25, 0.3) is 0 Å². The molecule has 2 atom stereocenters. The van der Waals surface area contributed by atoms with E-state index in [0.717, 1.165) is 11.2 Å². The van der Waals surface area contributed by atoms with Crippen molar-refractivity contribution in [2.24, 2.45) is 5.92 Å². The molecule has 0 N–H and O–H groups in total. The summed E-state index contributed by atoms with van der Waals surface area (Å²) < 4.78 is 0.390. The SMILES string of the molecule is CCCCCCC(C)[C@@H](C)SSC(C)(C)C. The van der Waals surface area contributed by atoms with Crippen LogP contribution in [0, 0.1) is 5.92 Å². The molecule has 0 amide bonds. The smallest absolute Gasteiger partial charge is 0.0179 e. The molecule has 0 bridgehead atoms. The highest BCUT2D eigenvalue weighted by Crippen LogP contribution is 2.40.